The Morgan fingerprint density at radius 1 is 1.05 bits per heavy atom. The molecule has 1 aromatic carbocycles. The van der Waals surface area contributed by atoms with Gasteiger partial charge in [0.25, 0.3) is 0 Å². The highest BCUT2D eigenvalue weighted by Gasteiger charge is 2.18. The zero-order valence-corrected chi connectivity index (χ0v) is 11.6. The van der Waals surface area contributed by atoms with Gasteiger partial charge in [0.15, 0.2) is 0 Å². The number of aromatic nitrogens is 1. The second-order valence-electron chi connectivity index (χ2n) is 5.26. The van der Waals surface area contributed by atoms with Gasteiger partial charge in [0.2, 0.25) is 0 Å². The van der Waals surface area contributed by atoms with Crippen molar-refractivity contribution in [1.82, 2.24) is 4.98 Å². The summed E-state index contributed by atoms with van der Waals surface area (Å²) < 4.78 is 41.4. The summed E-state index contributed by atoms with van der Waals surface area (Å²) in [6, 6.07) is 4.85. The first-order valence-electron chi connectivity index (χ1n) is 6.86. The van der Waals surface area contributed by atoms with E-state index in [4.69, 9.17) is 0 Å². The van der Waals surface area contributed by atoms with Crippen molar-refractivity contribution in [3.63, 3.8) is 0 Å². The van der Waals surface area contributed by atoms with Crippen molar-refractivity contribution in [2.75, 3.05) is 0 Å². The standard InChI is InChI=1S/C17H14F3N/c1-10(11-3-2-4-11)13-7-16(20)14(8-15(13)19)17-6-5-12(18)9-21-17/h5-9H,2-4H2,1H3. The first-order chi connectivity index (χ1) is 10.1. The summed E-state index contributed by atoms with van der Waals surface area (Å²) in [5, 5.41) is 0. The van der Waals surface area contributed by atoms with E-state index in [0.29, 0.717) is 5.56 Å². The molecule has 0 amide bonds. The summed E-state index contributed by atoms with van der Waals surface area (Å²) >= 11 is 0. The zero-order valence-electron chi connectivity index (χ0n) is 11.6. The van der Waals surface area contributed by atoms with Crippen molar-refractivity contribution in [2.45, 2.75) is 26.2 Å². The third kappa shape index (κ3) is 2.58. The highest BCUT2D eigenvalue weighted by atomic mass is 19.1. The van der Waals surface area contributed by atoms with Gasteiger partial charge in [0.1, 0.15) is 17.5 Å². The Morgan fingerprint density at radius 3 is 2.38 bits per heavy atom. The lowest BCUT2D eigenvalue weighted by molar-refractivity contribution is 0.596. The first-order valence-corrected chi connectivity index (χ1v) is 6.86. The molecule has 1 aromatic heterocycles. The van der Waals surface area contributed by atoms with E-state index >= 15 is 0 Å². The molecule has 0 bridgehead atoms. The van der Waals surface area contributed by atoms with Crippen LogP contribution < -0.4 is 0 Å². The summed E-state index contributed by atoms with van der Waals surface area (Å²) in [6.45, 7) is 1.82. The predicted octanol–water partition coefficient (Wildman–Crippen LogP) is 5.12. The molecule has 1 heterocycles. The average Bonchev–Trinajstić information content (AvgIpc) is 2.40. The van der Waals surface area contributed by atoms with Crippen molar-refractivity contribution in [3.8, 4) is 11.3 Å². The molecule has 0 saturated heterocycles. The molecule has 1 saturated carbocycles. The topological polar surface area (TPSA) is 12.9 Å². The lowest BCUT2D eigenvalue weighted by atomic mass is 9.85. The van der Waals surface area contributed by atoms with Crippen molar-refractivity contribution in [3.05, 3.63) is 59.1 Å². The highest BCUT2D eigenvalue weighted by Crippen LogP contribution is 2.35. The van der Waals surface area contributed by atoms with Crippen LogP contribution in [0.4, 0.5) is 13.2 Å². The van der Waals surface area contributed by atoms with Crippen molar-refractivity contribution in [2.24, 2.45) is 0 Å². The molecule has 1 aliphatic carbocycles. The van der Waals surface area contributed by atoms with Gasteiger partial charge in [0.05, 0.1) is 11.9 Å². The van der Waals surface area contributed by atoms with Gasteiger partial charge in [-0.15, -0.1) is 0 Å². The minimum Gasteiger partial charge on any atom is -0.253 e. The number of hydrogen-bond acceptors (Lipinski definition) is 1. The summed E-state index contributed by atoms with van der Waals surface area (Å²) in [5.41, 5.74) is 2.56. The van der Waals surface area contributed by atoms with E-state index in [0.717, 1.165) is 37.1 Å². The Bertz CT molecular complexity index is 712. The SMILES string of the molecule is CC(=C1CCC1)c1cc(F)c(-c2ccc(F)cn2)cc1F. The number of pyridine rings is 1. The molecule has 0 atom stereocenters. The van der Waals surface area contributed by atoms with E-state index in [1.165, 1.54) is 23.8 Å². The Kier molecular flexibility index (Phi) is 3.53. The van der Waals surface area contributed by atoms with Crippen LogP contribution in [0, 0.1) is 17.5 Å². The summed E-state index contributed by atoms with van der Waals surface area (Å²) in [6.07, 6.45) is 4.00. The fraction of sp³-hybridized carbons (Fsp3) is 0.235. The largest absolute Gasteiger partial charge is 0.253 e. The maximum atomic E-state index is 14.3. The molecule has 108 valence electrons. The molecule has 1 fully saturated rings. The van der Waals surface area contributed by atoms with Crippen LogP contribution in [0.3, 0.4) is 0 Å². The summed E-state index contributed by atoms with van der Waals surface area (Å²) in [4.78, 5) is 3.79. The van der Waals surface area contributed by atoms with Gasteiger partial charge in [-0.3, -0.25) is 4.98 Å². The molecule has 0 aliphatic heterocycles. The first kappa shape index (κ1) is 13.9. The van der Waals surface area contributed by atoms with E-state index in [1.54, 1.807) is 0 Å². The summed E-state index contributed by atoms with van der Waals surface area (Å²) in [7, 11) is 0. The maximum absolute atomic E-state index is 14.3. The van der Waals surface area contributed by atoms with E-state index in [2.05, 4.69) is 4.98 Å². The minimum absolute atomic E-state index is 0.0441. The average molecular weight is 289 g/mol. The smallest absolute Gasteiger partial charge is 0.141 e. The molecule has 0 N–H and O–H groups in total. The fourth-order valence-corrected chi connectivity index (χ4v) is 2.48. The normalized spacial score (nSPS) is 14.0. The Labute approximate surface area is 121 Å². The molecule has 21 heavy (non-hydrogen) atoms. The van der Waals surface area contributed by atoms with Crippen LogP contribution in [0.5, 0.6) is 0 Å². The number of halogens is 3. The van der Waals surface area contributed by atoms with E-state index in [-0.39, 0.29) is 11.3 Å². The lowest BCUT2D eigenvalue weighted by Crippen LogP contribution is -2.02. The molecular formula is C17H14F3N. The maximum Gasteiger partial charge on any atom is 0.141 e. The van der Waals surface area contributed by atoms with Gasteiger partial charge >= 0.3 is 0 Å². The fourth-order valence-electron chi connectivity index (χ4n) is 2.48. The molecule has 0 radical (unpaired) electrons. The number of rotatable bonds is 2. The van der Waals surface area contributed by atoms with E-state index < -0.39 is 17.5 Å². The van der Waals surface area contributed by atoms with Gasteiger partial charge < -0.3 is 0 Å². The highest BCUT2D eigenvalue weighted by molar-refractivity contribution is 5.71. The molecule has 1 nitrogen and oxygen atoms in total. The van der Waals surface area contributed by atoms with Gasteiger partial charge in [-0.2, -0.15) is 0 Å². The predicted molar refractivity (Wildman–Crippen MR) is 76.0 cm³/mol. The Balaban J connectivity index is 2.05. The van der Waals surface area contributed by atoms with Gasteiger partial charge in [0, 0.05) is 11.1 Å². The van der Waals surface area contributed by atoms with Crippen LogP contribution in [0.25, 0.3) is 16.8 Å². The third-order valence-electron chi connectivity index (χ3n) is 3.95. The Morgan fingerprint density at radius 2 is 1.81 bits per heavy atom. The van der Waals surface area contributed by atoms with Crippen LogP contribution in [0.15, 0.2) is 36.0 Å². The van der Waals surface area contributed by atoms with Crippen LogP contribution in [-0.4, -0.2) is 4.98 Å². The minimum atomic E-state index is -0.551. The number of allylic oxidation sites excluding steroid dienone is 2. The Hall–Kier alpha value is -2.10. The van der Waals surface area contributed by atoms with Crippen molar-refractivity contribution < 1.29 is 13.2 Å². The lowest BCUT2D eigenvalue weighted by Gasteiger charge is -2.21. The number of benzene rings is 1. The number of hydrogen-bond donors (Lipinski definition) is 0. The second-order valence-corrected chi connectivity index (χ2v) is 5.26. The molecule has 1 aliphatic rings. The quantitative estimate of drug-likeness (QED) is 0.747. The number of nitrogens with zero attached hydrogens (tertiary/aromatic N) is 1. The van der Waals surface area contributed by atoms with Crippen LogP contribution in [-0.2, 0) is 0 Å². The third-order valence-corrected chi connectivity index (χ3v) is 3.95. The molecule has 0 unspecified atom stereocenters. The zero-order chi connectivity index (χ0) is 15.0. The van der Waals surface area contributed by atoms with Gasteiger partial charge in [-0.25, -0.2) is 13.2 Å². The second kappa shape index (κ2) is 5.35. The summed E-state index contributed by atoms with van der Waals surface area (Å²) in [5.74, 6) is -1.54. The van der Waals surface area contributed by atoms with Crippen LogP contribution in [0.2, 0.25) is 0 Å². The molecule has 3 rings (SSSR count). The molecule has 2 aromatic rings. The van der Waals surface area contributed by atoms with Crippen LogP contribution >= 0.6 is 0 Å². The monoisotopic (exact) mass is 289 g/mol. The van der Waals surface area contributed by atoms with E-state index in [9.17, 15) is 13.2 Å². The molecule has 4 heteroatoms. The van der Waals surface area contributed by atoms with Gasteiger partial charge in [-0.05, 0) is 56.0 Å². The molecule has 0 spiro atoms. The van der Waals surface area contributed by atoms with Crippen LogP contribution in [0.1, 0.15) is 31.7 Å². The van der Waals surface area contributed by atoms with E-state index in [1.807, 2.05) is 6.92 Å². The molecular weight excluding hydrogens is 275 g/mol. The van der Waals surface area contributed by atoms with Crippen molar-refractivity contribution in [1.29, 1.82) is 0 Å². The van der Waals surface area contributed by atoms with Gasteiger partial charge in [-0.1, -0.05) is 5.57 Å². The van der Waals surface area contributed by atoms with Crippen molar-refractivity contribution >= 4 is 5.57 Å².